The number of carbonyl (C=O) groups is 1. The summed E-state index contributed by atoms with van der Waals surface area (Å²) in [4.78, 5) is 16.0. The number of ether oxygens (including phenoxy) is 1. The maximum Gasteiger partial charge on any atom is 0.263 e. The highest BCUT2D eigenvalue weighted by Gasteiger charge is 2.04. The highest BCUT2D eigenvalue weighted by atomic mass is 16.5. The summed E-state index contributed by atoms with van der Waals surface area (Å²) in [7, 11) is 0. The summed E-state index contributed by atoms with van der Waals surface area (Å²) in [6.07, 6.45) is 0.838. The van der Waals surface area contributed by atoms with Gasteiger partial charge < -0.3 is 10.1 Å². The zero-order valence-electron chi connectivity index (χ0n) is 10.8. The molecule has 0 bridgehead atoms. The van der Waals surface area contributed by atoms with Gasteiger partial charge in [0.2, 0.25) is 0 Å². The van der Waals surface area contributed by atoms with E-state index in [4.69, 9.17) is 4.74 Å². The van der Waals surface area contributed by atoms with Crippen LogP contribution >= 0.6 is 0 Å². The summed E-state index contributed by atoms with van der Waals surface area (Å²) >= 11 is 0. The molecule has 19 heavy (non-hydrogen) atoms. The number of hydrogen-bond donors (Lipinski definition) is 1. The van der Waals surface area contributed by atoms with Crippen LogP contribution < -0.4 is 10.1 Å². The van der Waals surface area contributed by atoms with E-state index in [2.05, 4.69) is 10.3 Å². The molecule has 1 aromatic heterocycles. The average Bonchev–Trinajstić information content (AvgIpc) is 2.46. The van der Waals surface area contributed by atoms with Gasteiger partial charge in [0, 0.05) is 5.69 Å². The number of nitrogens with zero attached hydrogens (tertiary/aromatic N) is 1. The highest BCUT2D eigenvalue weighted by Crippen LogP contribution is 2.09. The Kier molecular flexibility index (Phi) is 4.50. The lowest BCUT2D eigenvalue weighted by molar-refractivity contribution is -0.118. The van der Waals surface area contributed by atoms with E-state index in [1.165, 1.54) is 0 Å². The van der Waals surface area contributed by atoms with Crippen molar-refractivity contribution in [2.45, 2.75) is 13.3 Å². The summed E-state index contributed by atoms with van der Waals surface area (Å²) in [5.41, 5.74) is 0.946. The molecule has 1 heterocycles. The Labute approximate surface area is 112 Å². The number of benzene rings is 1. The number of aromatic nitrogens is 1. The molecule has 4 heteroatoms. The molecular formula is C15H16N2O2. The first-order valence-electron chi connectivity index (χ1n) is 6.21. The molecule has 0 aliphatic rings. The van der Waals surface area contributed by atoms with E-state index in [1.807, 2.05) is 49.4 Å². The molecule has 4 nitrogen and oxygen atoms in total. The Morgan fingerprint density at radius 3 is 2.68 bits per heavy atom. The normalized spacial score (nSPS) is 9.95. The van der Waals surface area contributed by atoms with Gasteiger partial charge >= 0.3 is 0 Å². The first-order valence-corrected chi connectivity index (χ1v) is 6.21. The average molecular weight is 256 g/mol. The van der Waals surface area contributed by atoms with E-state index in [1.54, 1.807) is 6.07 Å². The van der Waals surface area contributed by atoms with Gasteiger partial charge in [-0.25, -0.2) is 4.98 Å². The maximum atomic E-state index is 11.7. The summed E-state index contributed by atoms with van der Waals surface area (Å²) in [5.74, 6) is 1.01. The Bertz CT molecular complexity index is 541. The van der Waals surface area contributed by atoms with Crippen LogP contribution in [-0.4, -0.2) is 17.5 Å². The van der Waals surface area contributed by atoms with Gasteiger partial charge in [0.05, 0.1) is 0 Å². The van der Waals surface area contributed by atoms with Gasteiger partial charge in [-0.3, -0.25) is 4.79 Å². The lowest BCUT2D eigenvalue weighted by atomic mass is 10.3. The zero-order chi connectivity index (χ0) is 13.5. The van der Waals surface area contributed by atoms with Crippen LogP contribution in [0.4, 0.5) is 5.82 Å². The van der Waals surface area contributed by atoms with Crippen LogP contribution in [0, 0.1) is 0 Å². The standard InChI is InChI=1S/C15H16N2O2/c1-2-12-7-6-10-14(16-12)17-15(18)11-19-13-8-4-3-5-9-13/h3-10H,2,11H2,1H3,(H,16,17,18). The van der Waals surface area contributed by atoms with Gasteiger partial charge in [0.25, 0.3) is 5.91 Å². The van der Waals surface area contributed by atoms with Crippen LogP contribution in [0.2, 0.25) is 0 Å². The fraction of sp³-hybridized carbons (Fsp3) is 0.200. The molecule has 1 aromatic carbocycles. The van der Waals surface area contributed by atoms with E-state index in [0.29, 0.717) is 11.6 Å². The molecule has 1 amide bonds. The van der Waals surface area contributed by atoms with Crippen molar-refractivity contribution in [1.82, 2.24) is 4.98 Å². The number of pyridine rings is 1. The number of anilines is 1. The summed E-state index contributed by atoms with van der Waals surface area (Å²) in [5, 5.41) is 2.71. The lowest BCUT2D eigenvalue weighted by Gasteiger charge is -2.07. The van der Waals surface area contributed by atoms with Gasteiger partial charge in [0.1, 0.15) is 11.6 Å². The molecule has 0 saturated heterocycles. The smallest absolute Gasteiger partial charge is 0.263 e. The topological polar surface area (TPSA) is 51.2 Å². The molecule has 0 aliphatic heterocycles. The van der Waals surface area contributed by atoms with E-state index < -0.39 is 0 Å². The Hall–Kier alpha value is -2.36. The van der Waals surface area contributed by atoms with Crippen molar-refractivity contribution >= 4 is 11.7 Å². The molecule has 0 saturated carbocycles. The van der Waals surface area contributed by atoms with Crippen LogP contribution in [0.25, 0.3) is 0 Å². The third-order valence-corrected chi connectivity index (χ3v) is 2.55. The summed E-state index contributed by atoms with van der Waals surface area (Å²) in [6.45, 7) is 1.99. The van der Waals surface area contributed by atoms with E-state index >= 15 is 0 Å². The second kappa shape index (κ2) is 6.54. The first kappa shape index (κ1) is 13.1. The van der Waals surface area contributed by atoms with Crippen LogP contribution in [0.1, 0.15) is 12.6 Å². The number of para-hydroxylation sites is 1. The molecule has 98 valence electrons. The number of rotatable bonds is 5. The summed E-state index contributed by atoms with van der Waals surface area (Å²) < 4.78 is 5.36. The largest absolute Gasteiger partial charge is 0.484 e. The molecule has 0 aliphatic carbocycles. The molecule has 2 aromatic rings. The SMILES string of the molecule is CCc1cccc(NC(=O)COc2ccccc2)n1. The van der Waals surface area contributed by atoms with Crippen molar-refractivity contribution in [1.29, 1.82) is 0 Å². The van der Waals surface area contributed by atoms with Crippen molar-refractivity contribution in [3.05, 3.63) is 54.2 Å². The number of hydrogen-bond acceptors (Lipinski definition) is 3. The van der Waals surface area contributed by atoms with E-state index in [-0.39, 0.29) is 12.5 Å². The molecule has 0 radical (unpaired) electrons. The zero-order valence-corrected chi connectivity index (χ0v) is 10.8. The monoisotopic (exact) mass is 256 g/mol. The Morgan fingerprint density at radius 1 is 1.16 bits per heavy atom. The van der Waals surface area contributed by atoms with Gasteiger partial charge in [-0.1, -0.05) is 31.2 Å². The minimum atomic E-state index is -0.218. The highest BCUT2D eigenvalue weighted by molar-refractivity contribution is 5.90. The lowest BCUT2D eigenvalue weighted by Crippen LogP contribution is -2.20. The van der Waals surface area contributed by atoms with Crippen molar-refractivity contribution in [3.8, 4) is 5.75 Å². The first-order chi connectivity index (χ1) is 9.28. The van der Waals surface area contributed by atoms with Gasteiger partial charge in [0.15, 0.2) is 6.61 Å². The third-order valence-electron chi connectivity index (χ3n) is 2.55. The van der Waals surface area contributed by atoms with Crippen molar-refractivity contribution in [2.75, 3.05) is 11.9 Å². The third kappa shape index (κ3) is 4.10. The molecule has 0 spiro atoms. The molecule has 2 rings (SSSR count). The van der Waals surface area contributed by atoms with Crippen LogP contribution in [0.5, 0.6) is 5.75 Å². The molecular weight excluding hydrogens is 240 g/mol. The second-order valence-corrected chi connectivity index (χ2v) is 4.02. The molecule has 0 fully saturated rings. The second-order valence-electron chi connectivity index (χ2n) is 4.02. The van der Waals surface area contributed by atoms with Gasteiger partial charge in [-0.15, -0.1) is 0 Å². The van der Waals surface area contributed by atoms with Crippen LogP contribution in [0.15, 0.2) is 48.5 Å². The molecule has 0 unspecified atom stereocenters. The fourth-order valence-corrected chi connectivity index (χ4v) is 1.59. The number of aryl methyl sites for hydroxylation is 1. The van der Waals surface area contributed by atoms with Gasteiger partial charge in [-0.2, -0.15) is 0 Å². The predicted molar refractivity (Wildman–Crippen MR) is 74.2 cm³/mol. The number of carbonyl (C=O) groups excluding carboxylic acids is 1. The number of nitrogens with one attached hydrogen (secondary N) is 1. The fourth-order valence-electron chi connectivity index (χ4n) is 1.59. The van der Waals surface area contributed by atoms with Gasteiger partial charge in [-0.05, 0) is 30.7 Å². The molecule has 1 N–H and O–H groups in total. The molecule has 0 atom stereocenters. The Morgan fingerprint density at radius 2 is 1.95 bits per heavy atom. The van der Waals surface area contributed by atoms with Crippen molar-refractivity contribution in [3.63, 3.8) is 0 Å². The summed E-state index contributed by atoms with van der Waals surface area (Å²) in [6, 6.07) is 14.8. The van der Waals surface area contributed by atoms with Crippen LogP contribution in [0.3, 0.4) is 0 Å². The van der Waals surface area contributed by atoms with Crippen LogP contribution in [-0.2, 0) is 11.2 Å². The van der Waals surface area contributed by atoms with E-state index in [0.717, 1.165) is 12.1 Å². The predicted octanol–water partition coefficient (Wildman–Crippen LogP) is 2.66. The van der Waals surface area contributed by atoms with Crippen molar-refractivity contribution < 1.29 is 9.53 Å². The number of amides is 1. The minimum Gasteiger partial charge on any atom is -0.484 e. The Balaban J connectivity index is 1.87. The quantitative estimate of drug-likeness (QED) is 0.894. The minimum absolute atomic E-state index is 0.0257. The maximum absolute atomic E-state index is 11.7. The van der Waals surface area contributed by atoms with E-state index in [9.17, 15) is 4.79 Å². The van der Waals surface area contributed by atoms with Crippen molar-refractivity contribution in [2.24, 2.45) is 0 Å².